The first-order valence-electron chi connectivity index (χ1n) is 20.3. The van der Waals surface area contributed by atoms with Crippen LogP contribution in [0.25, 0.3) is 100 Å². The van der Waals surface area contributed by atoms with Gasteiger partial charge >= 0.3 is 0 Å². The summed E-state index contributed by atoms with van der Waals surface area (Å²) in [5, 5.41) is 7.60. The fourth-order valence-corrected chi connectivity index (χ4v) is 8.54. The molecule has 9 aromatic carbocycles. The van der Waals surface area contributed by atoms with Crippen LogP contribution in [0.3, 0.4) is 0 Å². The van der Waals surface area contributed by atoms with Gasteiger partial charge in [-0.3, -0.25) is 0 Å². The molecule has 0 bridgehead atoms. The van der Waals surface area contributed by atoms with Gasteiger partial charge in [0.05, 0.1) is 16.7 Å². The number of aromatic nitrogens is 4. The molecule has 2 aromatic heterocycles. The standard InChI is InChI=1S/C56H38N4/c1-3-15-39(16-4-1)40-27-29-44(30-28-40)56-57-55(43-17-5-2-6-18-43)58-60(56)46-37-33-42(34-38-46)48-20-8-10-22-50(48)49-21-9-7-19-47(49)41-31-35-45(36-32-41)59-53-25-13-11-23-51(53)52-24-12-14-26-54(52)59/h1-38H. The van der Waals surface area contributed by atoms with E-state index in [-0.39, 0.29) is 0 Å². The van der Waals surface area contributed by atoms with Gasteiger partial charge in [-0.2, -0.15) is 0 Å². The summed E-state index contributed by atoms with van der Waals surface area (Å²) in [6, 6.07) is 81.6. The van der Waals surface area contributed by atoms with Crippen molar-refractivity contribution in [3.8, 4) is 78.7 Å². The second-order valence-electron chi connectivity index (χ2n) is 15.0. The van der Waals surface area contributed by atoms with Crippen LogP contribution in [0.4, 0.5) is 0 Å². The van der Waals surface area contributed by atoms with Gasteiger partial charge in [0.1, 0.15) is 0 Å². The second-order valence-corrected chi connectivity index (χ2v) is 15.0. The molecule has 60 heavy (non-hydrogen) atoms. The summed E-state index contributed by atoms with van der Waals surface area (Å²) in [5.41, 5.74) is 15.8. The van der Waals surface area contributed by atoms with Crippen molar-refractivity contribution >= 4 is 21.8 Å². The first-order chi connectivity index (χ1) is 29.8. The summed E-state index contributed by atoms with van der Waals surface area (Å²) in [6.45, 7) is 0. The topological polar surface area (TPSA) is 35.6 Å². The van der Waals surface area contributed by atoms with E-state index >= 15 is 0 Å². The van der Waals surface area contributed by atoms with Gasteiger partial charge in [-0.05, 0) is 80.9 Å². The van der Waals surface area contributed by atoms with Crippen molar-refractivity contribution in [3.05, 3.63) is 231 Å². The molecule has 0 aliphatic heterocycles. The fourth-order valence-electron chi connectivity index (χ4n) is 8.54. The van der Waals surface area contributed by atoms with Gasteiger partial charge < -0.3 is 4.57 Å². The third-order valence-corrected chi connectivity index (χ3v) is 11.5. The van der Waals surface area contributed by atoms with Crippen molar-refractivity contribution in [2.24, 2.45) is 0 Å². The lowest BCUT2D eigenvalue weighted by molar-refractivity contribution is 0.891. The zero-order valence-electron chi connectivity index (χ0n) is 32.7. The molecule has 0 unspecified atom stereocenters. The van der Waals surface area contributed by atoms with Crippen molar-refractivity contribution in [3.63, 3.8) is 0 Å². The SMILES string of the molecule is c1ccc(-c2ccc(-c3nc(-c4ccccc4)nn3-c3ccc(-c4ccccc4-c4ccccc4-c4ccc(-n5c6ccccc6c6ccccc65)cc4)cc3)cc2)cc1. The molecule has 0 N–H and O–H groups in total. The third kappa shape index (κ3) is 6.28. The molecule has 0 saturated carbocycles. The molecule has 0 aliphatic rings. The third-order valence-electron chi connectivity index (χ3n) is 11.5. The molecule has 4 nitrogen and oxygen atoms in total. The normalized spacial score (nSPS) is 11.3. The van der Waals surface area contributed by atoms with E-state index in [0.29, 0.717) is 5.82 Å². The zero-order valence-corrected chi connectivity index (χ0v) is 32.7. The molecule has 4 heteroatoms. The average Bonchev–Trinajstić information content (AvgIpc) is 3.93. The summed E-state index contributed by atoms with van der Waals surface area (Å²) in [4.78, 5) is 5.10. The van der Waals surface area contributed by atoms with Crippen LogP contribution >= 0.6 is 0 Å². The van der Waals surface area contributed by atoms with Gasteiger partial charge in [-0.25, -0.2) is 9.67 Å². The average molecular weight is 767 g/mol. The smallest absolute Gasteiger partial charge is 0.182 e. The van der Waals surface area contributed by atoms with E-state index in [9.17, 15) is 0 Å². The Morgan fingerprint density at radius 3 is 1.23 bits per heavy atom. The highest BCUT2D eigenvalue weighted by atomic mass is 15.4. The monoisotopic (exact) mass is 766 g/mol. The summed E-state index contributed by atoms with van der Waals surface area (Å²) >= 11 is 0. The summed E-state index contributed by atoms with van der Waals surface area (Å²) in [6.07, 6.45) is 0. The maximum atomic E-state index is 5.10. The molecule has 0 atom stereocenters. The summed E-state index contributed by atoms with van der Waals surface area (Å²) in [5.74, 6) is 1.48. The minimum Gasteiger partial charge on any atom is -0.309 e. The van der Waals surface area contributed by atoms with Crippen molar-refractivity contribution in [2.75, 3.05) is 0 Å². The van der Waals surface area contributed by atoms with Crippen LogP contribution in [-0.4, -0.2) is 19.3 Å². The minimum absolute atomic E-state index is 0.687. The Morgan fingerprint density at radius 1 is 0.283 bits per heavy atom. The Labute approximate surface area is 348 Å². The molecular formula is C56H38N4. The van der Waals surface area contributed by atoms with Gasteiger partial charge in [0, 0.05) is 27.6 Å². The van der Waals surface area contributed by atoms with E-state index in [2.05, 4.69) is 211 Å². The number of benzene rings is 9. The van der Waals surface area contributed by atoms with Crippen LogP contribution in [-0.2, 0) is 0 Å². The molecule has 11 aromatic rings. The maximum Gasteiger partial charge on any atom is 0.182 e. The van der Waals surface area contributed by atoms with Crippen LogP contribution in [0.15, 0.2) is 231 Å². The molecule has 0 radical (unpaired) electrons. The predicted octanol–water partition coefficient (Wildman–Crippen LogP) is 14.4. The van der Waals surface area contributed by atoms with Crippen molar-refractivity contribution in [2.45, 2.75) is 0 Å². The van der Waals surface area contributed by atoms with Gasteiger partial charge in [-0.15, -0.1) is 5.10 Å². The van der Waals surface area contributed by atoms with Crippen molar-refractivity contribution in [1.82, 2.24) is 19.3 Å². The molecule has 0 saturated heterocycles. The molecule has 2 heterocycles. The number of rotatable bonds is 8. The largest absolute Gasteiger partial charge is 0.309 e. The lowest BCUT2D eigenvalue weighted by Gasteiger charge is -2.16. The highest BCUT2D eigenvalue weighted by molar-refractivity contribution is 6.09. The molecular weight excluding hydrogens is 729 g/mol. The lowest BCUT2D eigenvalue weighted by atomic mass is 9.89. The van der Waals surface area contributed by atoms with E-state index in [1.165, 1.54) is 55.2 Å². The van der Waals surface area contributed by atoms with Crippen molar-refractivity contribution in [1.29, 1.82) is 0 Å². The van der Waals surface area contributed by atoms with Crippen LogP contribution in [0.5, 0.6) is 0 Å². The summed E-state index contributed by atoms with van der Waals surface area (Å²) < 4.78 is 4.33. The Kier molecular flexibility index (Phi) is 8.79. The highest BCUT2D eigenvalue weighted by Gasteiger charge is 2.18. The van der Waals surface area contributed by atoms with Crippen molar-refractivity contribution < 1.29 is 0 Å². The molecule has 0 spiro atoms. The Balaban J connectivity index is 0.943. The molecule has 11 rings (SSSR count). The molecule has 0 fully saturated rings. The maximum absolute atomic E-state index is 5.10. The summed E-state index contributed by atoms with van der Waals surface area (Å²) in [7, 11) is 0. The molecule has 282 valence electrons. The lowest BCUT2D eigenvalue weighted by Crippen LogP contribution is -2.00. The van der Waals surface area contributed by atoms with E-state index < -0.39 is 0 Å². The number of nitrogens with zero attached hydrogens (tertiary/aromatic N) is 4. The highest BCUT2D eigenvalue weighted by Crippen LogP contribution is 2.40. The van der Waals surface area contributed by atoms with Gasteiger partial charge in [0.25, 0.3) is 0 Å². The number of hydrogen-bond acceptors (Lipinski definition) is 2. The Bertz CT molecular complexity index is 3220. The molecule has 0 aliphatic carbocycles. The van der Waals surface area contributed by atoms with Crippen LogP contribution < -0.4 is 0 Å². The van der Waals surface area contributed by atoms with E-state index in [1.807, 2.05) is 28.9 Å². The van der Waals surface area contributed by atoms with E-state index in [1.54, 1.807) is 0 Å². The quantitative estimate of drug-likeness (QED) is 0.154. The fraction of sp³-hybridized carbons (Fsp3) is 0. The van der Waals surface area contributed by atoms with Gasteiger partial charge in [-0.1, -0.05) is 194 Å². The number of para-hydroxylation sites is 2. The van der Waals surface area contributed by atoms with Gasteiger partial charge in [0.15, 0.2) is 11.6 Å². The first-order valence-corrected chi connectivity index (χ1v) is 20.3. The van der Waals surface area contributed by atoms with Crippen LogP contribution in [0, 0.1) is 0 Å². The zero-order chi connectivity index (χ0) is 39.8. The van der Waals surface area contributed by atoms with Crippen LogP contribution in [0.1, 0.15) is 0 Å². The minimum atomic E-state index is 0.687. The number of fused-ring (bicyclic) bond motifs is 3. The van der Waals surface area contributed by atoms with E-state index in [0.717, 1.165) is 39.5 Å². The van der Waals surface area contributed by atoms with Gasteiger partial charge in [0.2, 0.25) is 0 Å². The van der Waals surface area contributed by atoms with Crippen LogP contribution in [0.2, 0.25) is 0 Å². The first kappa shape index (κ1) is 35.1. The molecule has 0 amide bonds. The Morgan fingerprint density at radius 2 is 0.683 bits per heavy atom. The second kappa shape index (κ2) is 15.0. The van der Waals surface area contributed by atoms with E-state index in [4.69, 9.17) is 10.1 Å². The predicted molar refractivity (Wildman–Crippen MR) is 248 cm³/mol. The number of hydrogen-bond donors (Lipinski definition) is 0. The Hall–Kier alpha value is -8.08.